The molecule has 30 heavy (non-hydrogen) atoms. The molecule has 0 spiro atoms. The van der Waals surface area contributed by atoms with Crippen molar-refractivity contribution in [1.82, 2.24) is 14.9 Å². The molecule has 1 aromatic carbocycles. The van der Waals surface area contributed by atoms with Crippen LogP contribution in [0.4, 0.5) is 0 Å². The number of benzene rings is 1. The molecule has 158 valence electrons. The van der Waals surface area contributed by atoms with E-state index in [1.807, 2.05) is 38.1 Å². The number of carbonyl (C=O) groups excluding carboxylic acids is 2. The first kappa shape index (κ1) is 22.0. The number of nitrogens with zero attached hydrogens (tertiary/aromatic N) is 2. The number of ketones is 1. The minimum atomic E-state index is -0.102. The van der Waals surface area contributed by atoms with Crippen LogP contribution in [0.3, 0.4) is 0 Å². The average molecular weight is 426 g/mol. The van der Waals surface area contributed by atoms with E-state index in [4.69, 9.17) is 11.6 Å². The van der Waals surface area contributed by atoms with Gasteiger partial charge in [0.25, 0.3) is 0 Å². The number of aryl methyl sites for hydroxylation is 2. The molecule has 0 aliphatic heterocycles. The molecular formula is C24H28ClN3O2. The number of hydrogen-bond donors (Lipinski definition) is 1. The molecule has 0 atom stereocenters. The largest absolute Gasteiger partial charge is 0.327 e. The van der Waals surface area contributed by atoms with Gasteiger partial charge in [-0.15, -0.1) is 0 Å². The molecule has 2 aliphatic rings. The number of allylic oxidation sites excluding steroid dienone is 3. The molecule has 0 unspecified atom stereocenters. The molecule has 5 nitrogen and oxygen atoms in total. The van der Waals surface area contributed by atoms with Crippen LogP contribution in [0.2, 0.25) is 5.02 Å². The lowest BCUT2D eigenvalue weighted by Crippen LogP contribution is -2.28. The SMILES string of the molecule is CC(=O)C1=C(NC(=O)Cn2ccnc2C)CC2=C1CCCC2.Cc1ccc(Cl)cc1. The zero-order chi connectivity index (χ0) is 21.7. The third kappa shape index (κ3) is 5.48. The van der Waals surface area contributed by atoms with Crippen LogP contribution in [0, 0.1) is 13.8 Å². The smallest absolute Gasteiger partial charge is 0.244 e. The molecule has 6 heteroatoms. The van der Waals surface area contributed by atoms with Gasteiger partial charge in [0.2, 0.25) is 5.91 Å². The van der Waals surface area contributed by atoms with Gasteiger partial charge in [0, 0.05) is 35.1 Å². The lowest BCUT2D eigenvalue weighted by atomic mass is 9.90. The van der Waals surface area contributed by atoms with E-state index in [9.17, 15) is 9.59 Å². The summed E-state index contributed by atoms with van der Waals surface area (Å²) in [4.78, 5) is 28.4. The summed E-state index contributed by atoms with van der Waals surface area (Å²) >= 11 is 5.61. The Morgan fingerprint density at radius 3 is 2.43 bits per heavy atom. The molecule has 0 radical (unpaired) electrons. The fourth-order valence-electron chi connectivity index (χ4n) is 3.95. The second-order valence-corrected chi connectivity index (χ2v) is 8.26. The summed E-state index contributed by atoms with van der Waals surface area (Å²) in [6.07, 6.45) is 8.51. The highest BCUT2D eigenvalue weighted by Crippen LogP contribution is 2.40. The van der Waals surface area contributed by atoms with Crippen molar-refractivity contribution in [2.24, 2.45) is 0 Å². The fourth-order valence-corrected chi connectivity index (χ4v) is 4.07. The van der Waals surface area contributed by atoms with Crippen LogP contribution < -0.4 is 5.32 Å². The van der Waals surface area contributed by atoms with Crippen LogP contribution in [0.1, 0.15) is 50.4 Å². The van der Waals surface area contributed by atoms with Crippen molar-refractivity contribution in [3.8, 4) is 0 Å². The highest BCUT2D eigenvalue weighted by atomic mass is 35.5. The van der Waals surface area contributed by atoms with Crippen molar-refractivity contribution in [2.75, 3.05) is 0 Å². The average Bonchev–Trinajstić information content (AvgIpc) is 3.27. The molecular weight excluding hydrogens is 398 g/mol. The number of aromatic nitrogens is 2. The Kier molecular flexibility index (Phi) is 7.27. The Bertz CT molecular complexity index is 979. The van der Waals surface area contributed by atoms with Crippen LogP contribution in [0.5, 0.6) is 0 Å². The first-order chi connectivity index (χ1) is 14.3. The number of Topliss-reactive ketones (excluding diaryl/α,β-unsaturated/α-hetero) is 1. The lowest BCUT2D eigenvalue weighted by Gasteiger charge is -2.14. The zero-order valence-electron chi connectivity index (χ0n) is 17.8. The molecule has 1 amide bonds. The Morgan fingerprint density at radius 1 is 1.13 bits per heavy atom. The number of amides is 1. The van der Waals surface area contributed by atoms with Gasteiger partial charge in [-0.2, -0.15) is 0 Å². The molecule has 2 aliphatic carbocycles. The highest BCUT2D eigenvalue weighted by molar-refractivity contribution is 6.30. The maximum absolute atomic E-state index is 12.3. The van der Waals surface area contributed by atoms with Gasteiger partial charge in [0.15, 0.2) is 5.78 Å². The topological polar surface area (TPSA) is 64.0 Å². The number of imidazole rings is 1. The van der Waals surface area contributed by atoms with Crippen LogP contribution in [-0.2, 0) is 16.1 Å². The summed E-state index contributed by atoms with van der Waals surface area (Å²) in [7, 11) is 0. The van der Waals surface area contributed by atoms with E-state index in [2.05, 4.69) is 10.3 Å². The van der Waals surface area contributed by atoms with Crippen molar-refractivity contribution in [1.29, 1.82) is 0 Å². The Balaban J connectivity index is 0.000000269. The summed E-state index contributed by atoms with van der Waals surface area (Å²) in [5, 5.41) is 3.76. The number of halogens is 1. The summed E-state index contributed by atoms with van der Waals surface area (Å²) in [5.41, 5.74) is 5.32. The van der Waals surface area contributed by atoms with E-state index in [-0.39, 0.29) is 18.2 Å². The summed E-state index contributed by atoms with van der Waals surface area (Å²) < 4.78 is 1.80. The standard InChI is InChI=1S/C17H21N3O2.C7H7Cl/c1-11(21)17-14-6-4-3-5-13(14)9-15(17)19-16(22)10-20-8-7-18-12(20)2;1-6-2-4-7(8)5-3-6/h7-8H,3-6,9-10H2,1-2H3,(H,19,22);2-5H,1H3. The van der Waals surface area contributed by atoms with Crippen molar-refractivity contribution < 1.29 is 9.59 Å². The molecule has 0 bridgehead atoms. The Hall–Kier alpha value is -2.66. The number of carbonyl (C=O) groups is 2. The minimum absolute atomic E-state index is 0.0565. The Morgan fingerprint density at radius 2 is 1.83 bits per heavy atom. The van der Waals surface area contributed by atoms with Gasteiger partial charge in [-0.1, -0.05) is 34.9 Å². The maximum atomic E-state index is 12.3. The van der Waals surface area contributed by atoms with E-state index in [1.165, 1.54) is 23.1 Å². The van der Waals surface area contributed by atoms with Gasteiger partial charge in [-0.3, -0.25) is 9.59 Å². The number of hydrogen-bond acceptors (Lipinski definition) is 3. The molecule has 1 aromatic heterocycles. The van der Waals surface area contributed by atoms with Crippen LogP contribution in [0.15, 0.2) is 59.1 Å². The quantitative estimate of drug-likeness (QED) is 0.743. The van der Waals surface area contributed by atoms with Crippen molar-refractivity contribution in [3.05, 3.63) is 75.5 Å². The van der Waals surface area contributed by atoms with E-state index in [1.54, 1.807) is 23.9 Å². The monoisotopic (exact) mass is 425 g/mol. The summed E-state index contributed by atoms with van der Waals surface area (Å²) in [6.45, 7) is 5.72. The van der Waals surface area contributed by atoms with Crippen LogP contribution in [0.25, 0.3) is 0 Å². The summed E-state index contributed by atoms with van der Waals surface area (Å²) in [6, 6.07) is 7.75. The zero-order valence-corrected chi connectivity index (χ0v) is 18.6. The van der Waals surface area contributed by atoms with Gasteiger partial charge in [-0.05, 0) is 64.2 Å². The lowest BCUT2D eigenvalue weighted by molar-refractivity contribution is -0.121. The highest BCUT2D eigenvalue weighted by Gasteiger charge is 2.29. The predicted octanol–water partition coefficient (Wildman–Crippen LogP) is 5.07. The fraction of sp³-hybridized carbons (Fsp3) is 0.375. The molecule has 0 fully saturated rings. The number of nitrogens with one attached hydrogen (secondary N) is 1. The second kappa shape index (κ2) is 9.90. The minimum Gasteiger partial charge on any atom is -0.327 e. The maximum Gasteiger partial charge on any atom is 0.244 e. The second-order valence-electron chi connectivity index (χ2n) is 7.82. The molecule has 1 N–H and O–H groups in total. The predicted molar refractivity (Wildman–Crippen MR) is 119 cm³/mol. The van der Waals surface area contributed by atoms with Crippen molar-refractivity contribution in [2.45, 2.75) is 59.4 Å². The third-order valence-corrected chi connectivity index (χ3v) is 5.72. The van der Waals surface area contributed by atoms with Crippen LogP contribution in [-0.4, -0.2) is 21.2 Å². The molecule has 4 rings (SSSR count). The molecule has 0 saturated carbocycles. The molecule has 2 aromatic rings. The molecule has 0 saturated heterocycles. The first-order valence-electron chi connectivity index (χ1n) is 10.3. The normalized spacial score (nSPS) is 15.5. The van der Waals surface area contributed by atoms with Gasteiger partial charge >= 0.3 is 0 Å². The van der Waals surface area contributed by atoms with Gasteiger partial charge in [0.1, 0.15) is 12.4 Å². The molecule has 1 heterocycles. The third-order valence-electron chi connectivity index (χ3n) is 5.47. The van der Waals surface area contributed by atoms with E-state index >= 15 is 0 Å². The van der Waals surface area contributed by atoms with Crippen molar-refractivity contribution in [3.63, 3.8) is 0 Å². The van der Waals surface area contributed by atoms with E-state index in [0.29, 0.717) is 0 Å². The number of rotatable bonds is 4. The van der Waals surface area contributed by atoms with Crippen LogP contribution >= 0.6 is 11.6 Å². The summed E-state index contributed by atoms with van der Waals surface area (Å²) in [5.74, 6) is 0.760. The Labute approximate surface area is 182 Å². The van der Waals surface area contributed by atoms with Gasteiger partial charge < -0.3 is 9.88 Å². The van der Waals surface area contributed by atoms with E-state index < -0.39 is 0 Å². The van der Waals surface area contributed by atoms with Crippen molar-refractivity contribution >= 4 is 23.3 Å². The van der Waals surface area contributed by atoms with Gasteiger partial charge in [0.05, 0.1) is 0 Å². The van der Waals surface area contributed by atoms with E-state index in [0.717, 1.165) is 47.8 Å². The first-order valence-corrected chi connectivity index (χ1v) is 10.7. The van der Waals surface area contributed by atoms with Gasteiger partial charge in [-0.25, -0.2) is 4.98 Å².